The highest BCUT2D eigenvalue weighted by molar-refractivity contribution is 7.63. The Morgan fingerprint density at radius 2 is 0.962 bits per heavy atom. The van der Waals surface area contributed by atoms with E-state index in [1.807, 2.05) is 0 Å². The average molecular weight is 382 g/mol. The fraction of sp³-hybridized carbons (Fsp3) is 0.500. The van der Waals surface area contributed by atoms with Crippen molar-refractivity contribution in [2.45, 2.75) is 75.5 Å². The van der Waals surface area contributed by atoms with Crippen LogP contribution in [0.5, 0.6) is 0 Å². The monoisotopic (exact) mass is 382 g/mol. The summed E-state index contributed by atoms with van der Waals surface area (Å²) < 4.78 is 0. The minimum Gasteiger partial charge on any atom is -0.0880 e. The Kier molecular flexibility index (Phi) is 4.61. The van der Waals surface area contributed by atoms with Gasteiger partial charge in [-0.05, 0) is 44.9 Å². The van der Waals surface area contributed by atoms with Crippen LogP contribution in [0.2, 0.25) is 0 Å². The van der Waals surface area contributed by atoms with E-state index in [0.717, 1.165) is 11.3 Å². The van der Waals surface area contributed by atoms with E-state index in [-0.39, 0.29) is 15.8 Å². The Hall–Kier alpha value is -0.700. The second-order valence-corrected chi connectivity index (χ2v) is 16.2. The van der Waals surface area contributed by atoms with Gasteiger partial charge in [-0.1, -0.05) is 106 Å². The third kappa shape index (κ3) is 3.08. The molecule has 2 aliphatic rings. The molecule has 0 N–H and O–H groups in total. The highest BCUT2D eigenvalue weighted by Gasteiger charge is 2.50. The first-order chi connectivity index (χ1) is 12.2. The number of hydrogen-bond donors (Lipinski definition) is 0. The van der Waals surface area contributed by atoms with E-state index in [0.29, 0.717) is 10.3 Å². The van der Waals surface area contributed by atoms with Gasteiger partial charge in [-0.3, -0.25) is 0 Å². The van der Waals surface area contributed by atoms with Crippen molar-refractivity contribution in [1.82, 2.24) is 0 Å². The van der Waals surface area contributed by atoms with Gasteiger partial charge >= 0.3 is 0 Å². The predicted molar refractivity (Wildman–Crippen MR) is 119 cm³/mol. The molecule has 26 heavy (non-hydrogen) atoms. The summed E-state index contributed by atoms with van der Waals surface area (Å²) in [6.07, 6.45) is 2.62. The summed E-state index contributed by atoms with van der Waals surface area (Å²) in [4.78, 5) is 0. The standard InChI is InChI=1S/C24H32P2/c1-23(2,3)25-15-17-11-7-9-13-19(17)21(25)22-20-14-10-8-12-18(20)16-26(22)24(4,5)6/h7-14,21-22H,15-16H2,1-6H3/t21-,22-,25-,26-/m0/s1. The van der Waals surface area contributed by atoms with E-state index < -0.39 is 0 Å². The second-order valence-electron chi connectivity index (χ2n) is 9.88. The first kappa shape index (κ1) is 18.7. The van der Waals surface area contributed by atoms with Crippen LogP contribution in [0.25, 0.3) is 0 Å². The fourth-order valence-corrected chi connectivity index (χ4v) is 12.3. The number of benzene rings is 2. The van der Waals surface area contributed by atoms with Crippen LogP contribution in [0.1, 0.15) is 75.1 Å². The van der Waals surface area contributed by atoms with E-state index in [1.165, 1.54) is 12.3 Å². The first-order valence-corrected chi connectivity index (χ1v) is 13.1. The molecule has 2 heteroatoms. The van der Waals surface area contributed by atoms with Gasteiger partial charge in [0.05, 0.1) is 0 Å². The maximum absolute atomic E-state index is 2.48. The summed E-state index contributed by atoms with van der Waals surface area (Å²) in [7, 11) is -0.139. The van der Waals surface area contributed by atoms with Gasteiger partial charge in [-0.15, -0.1) is 0 Å². The molecule has 2 aromatic rings. The molecule has 0 aromatic heterocycles. The van der Waals surface area contributed by atoms with Crippen LogP contribution in [0, 0.1) is 0 Å². The van der Waals surface area contributed by atoms with Gasteiger partial charge in [-0.25, -0.2) is 0 Å². The van der Waals surface area contributed by atoms with Gasteiger partial charge in [0, 0.05) is 11.3 Å². The maximum Gasteiger partial charge on any atom is 0.0161 e. The van der Waals surface area contributed by atoms with E-state index in [9.17, 15) is 0 Å². The van der Waals surface area contributed by atoms with Gasteiger partial charge < -0.3 is 0 Å². The zero-order chi connectivity index (χ0) is 18.7. The van der Waals surface area contributed by atoms with Gasteiger partial charge in [0.15, 0.2) is 0 Å². The quantitative estimate of drug-likeness (QED) is 0.438. The maximum atomic E-state index is 2.48. The van der Waals surface area contributed by atoms with Crippen LogP contribution in [0.15, 0.2) is 48.5 Å². The minimum absolute atomic E-state index is 0.0695. The molecule has 0 fully saturated rings. The van der Waals surface area contributed by atoms with Crippen LogP contribution in [0.3, 0.4) is 0 Å². The Bertz CT molecular complexity index is 740. The molecule has 2 heterocycles. The molecule has 4 atom stereocenters. The Labute approximate surface area is 162 Å². The largest absolute Gasteiger partial charge is 0.0880 e. The lowest BCUT2D eigenvalue weighted by molar-refractivity contribution is 0.736. The van der Waals surface area contributed by atoms with Crippen LogP contribution >= 0.6 is 15.8 Å². The summed E-state index contributed by atoms with van der Waals surface area (Å²) >= 11 is 0. The van der Waals surface area contributed by atoms with Crippen LogP contribution < -0.4 is 0 Å². The zero-order valence-corrected chi connectivity index (χ0v) is 18.9. The Morgan fingerprint density at radius 1 is 0.615 bits per heavy atom. The van der Waals surface area contributed by atoms with Crippen molar-refractivity contribution in [3.05, 3.63) is 70.8 Å². The lowest BCUT2D eigenvalue weighted by Gasteiger charge is -2.42. The van der Waals surface area contributed by atoms with Crippen molar-refractivity contribution in [2.24, 2.45) is 0 Å². The van der Waals surface area contributed by atoms with Crippen molar-refractivity contribution in [3.8, 4) is 0 Å². The van der Waals surface area contributed by atoms with Crippen LogP contribution in [-0.2, 0) is 12.3 Å². The third-order valence-electron chi connectivity index (χ3n) is 6.12. The molecule has 0 saturated carbocycles. The number of hydrogen-bond acceptors (Lipinski definition) is 0. The Morgan fingerprint density at radius 3 is 1.31 bits per heavy atom. The summed E-state index contributed by atoms with van der Waals surface area (Å²) in [5.41, 5.74) is 8.07. The molecule has 138 valence electrons. The molecule has 0 aliphatic carbocycles. The van der Waals surface area contributed by atoms with Crippen molar-refractivity contribution in [1.29, 1.82) is 0 Å². The summed E-state index contributed by atoms with van der Waals surface area (Å²) in [5, 5.41) is 0.797. The van der Waals surface area contributed by atoms with E-state index >= 15 is 0 Å². The highest BCUT2D eigenvalue weighted by Crippen LogP contribution is 2.80. The highest BCUT2D eigenvalue weighted by atomic mass is 31.1. The van der Waals surface area contributed by atoms with E-state index in [4.69, 9.17) is 0 Å². The lowest BCUT2D eigenvalue weighted by atomic mass is 9.98. The lowest BCUT2D eigenvalue weighted by Crippen LogP contribution is -2.20. The SMILES string of the molecule is CC(C)(C)[P@@]1Cc2ccccc2[C@H]1[C@@H]1c2ccccc2C[P@]1C(C)(C)C. The van der Waals surface area contributed by atoms with Crippen molar-refractivity contribution >= 4 is 15.8 Å². The molecular weight excluding hydrogens is 350 g/mol. The van der Waals surface area contributed by atoms with E-state index in [2.05, 4.69) is 90.1 Å². The third-order valence-corrected chi connectivity index (χ3v) is 13.7. The Balaban J connectivity index is 1.89. The molecule has 0 spiro atoms. The molecule has 0 saturated heterocycles. The molecule has 0 radical (unpaired) electrons. The predicted octanol–water partition coefficient (Wildman–Crippen LogP) is 8.06. The summed E-state index contributed by atoms with van der Waals surface area (Å²) in [5.74, 6) is 0. The van der Waals surface area contributed by atoms with Gasteiger partial charge in [0.2, 0.25) is 0 Å². The number of rotatable bonds is 1. The minimum atomic E-state index is -0.0695. The summed E-state index contributed by atoms with van der Waals surface area (Å²) in [6, 6.07) is 18.7. The average Bonchev–Trinajstić information content (AvgIpc) is 3.12. The normalized spacial score (nSPS) is 28.1. The summed E-state index contributed by atoms with van der Waals surface area (Å²) in [6.45, 7) is 14.9. The van der Waals surface area contributed by atoms with Crippen molar-refractivity contribution in [2.75, 3.05) is 0 Å². The molecule has 0 bridgehead atoms. The van der Waals surface area contributed by atoms with Gasteiger partial charge in [0.25, 0.3) is 0 Å². The van der Waals surface area contributed by atoms with Gasteiger partial charge in [-0.2, -0.15) is 0 Å². The fourth-order valence-electron chi connectivity index (χ4n) is 4.82. The topological polar surface area (TPSA) is 0 Å². The van der Waals surface area contributed by atoms with Crippen molar-refractivity contribution in [3.63, 3.8) is 0 Å². The van der Waals surface area contributed by atoms with Crippen molar-refractivity contribution < 1.29 is 0 Å². The number of fused-ring (bicyclic) bond motifs is 2. The van der Waals surface area contributed by atoms with Crippen LogP contribution in [0.4, 0.5) is 0 Å². The van der Waals surface area contributed by atoms with Gasteiger partial charge in [0.1, 0.15) is 0 Å². The molecule has 2 aromatic carbocycles. The second kappa shape index (κ2) is 6.43. The smallest absolute Gasteiger partial charge is 0.0161 e. The zero-order valence-electron chi connectivity index (χ0n) is 17.1. The molecule has 0 nitrogen and oxygen atoms in total. The first-order valence-electron chi connectivity index (χ1n) is 9.87. The van der Waals surface area contributed by atoms with E-state index in [1.54, 1.807) is 22.3 Å². The molecule has 0 unspecified atom stereocenters. The van der Waals surface area contributed by atoms with Crippen LogP contribution in [-0.4, -0.2) is 10.3 Å². The molecule has 0 amide bonds. The molecular formula is C24H32P2. The molecule has 2 aliphatic heterocycles. The molecule has 4 rings (SSSR count).